The summed E-state index contributed by atoms with van der Waals surface area (Å²) in [5.74, 6) is 0.951. The normalized spacial score (nSPS) is 23.8. The Bertz CT molecular complexity index is 444. The molecule has 0 radical (unpaired) electrons. The van der Waals surface area contributed by atoms with Crippen LogP contribution in [0.3, 0.4) is 0 Å². The van der Waals surface area contributed by atoms with Crippen molar-refractivity contribution in [3.8, 4) is 0 Å². The molecule has 0 aromatic heterocycles. The Balaban J connectivity index is 1.92. The first-order valence-electron chi connectivity index (χ1n) is 8.14. The number of carbonyl (C=O) groups excluding carboxylic acids is 1. The van der Waals surface area contributed by atoms with Gasteiger partial charge in [-0.15, -0.1) is 0 Å². The van der Waals surface area contributed by atoms with Crippen molar-refractivity contribution >= 4 is 5.91 Å². The molecule has 3 nitrogen and oxygen atoms in total. The van der Waals surface area contributed by atoms with E-state index in [1.807, 2.05) is 6.07 Å². The highest BCUT2D eigenvalue weighted by Gasteiger charge is 2.23. The molecule has 2 rings (SSSR count). The van der Waals surface area contributed by atoms with E-state index in [2.05, 4.69) is 55.7 Å². The summed E-state index contributed by atoms with van der Waals surface area (Å²) in [4.78, 5) is 12.4. The summed E-state index contributed by atoms with van der Waals surface area (Å²) in [5.41, 5.74) is 1.27. The van der Waals surface area contributed by atoms with Crippen LogP contribution in [-0.4, -0.2) is 24.5 Å². The lowest BCUT2D eigenvalue weighted by Gasteiger charge is -2.29. The van der Waals surface area contributed by atoms with E-state index < -0.39 is 0 Å². The van der Waals surface area contributed by atoms with Crippen molar-refractivity contribution in [3.05, 3.63) is 35.9 Å². The smallest absolute Gasteiger partial charge is 0.220 e. The molecule has 3 heteroatoms. The van der Waals surface area contributed by atoms with Gasteiger partial charge in [-0.3, -0.25) is 4.79 Å². The van der Waals surface area contributed by atoms with Gasteiger partial charge in [0.05, 0.1) is 0 Å². The van der Waals surface area contributed by atoms with Crippen molar-refractivity contribution < 1.29 is 4.79 Å². The van der Waals surface area contributed by atoms with E-state index in [1.54, 1.807) is 0 Å². The van der Waals surface area contributed by atoms with Gasteiger partial charge in [0.25, 0.3) is 0 Å². The molecule has 2 N–H and O–H groups in total. The molecule has 1 aromatic rings. The van der Waals surface area contributed by atoms with E-state index in [4.69, 9.17) is 0 Å². The van der Waals surface area contributed by atoms with Crippen LogP contribution in [0.25, 0.3) is 0 Å². The van der Waals surface area contributed by atoms with Gasteiger partial charge in [-0.2, -0.15) is 0 Å². The van der Waals surface area contributed by atoms with Gasteiger partial charge in [0, 0.05) is 18.5 Å². The van der Waals surface area contributed by atoms with Crippen LogP contribution in [-0.2, 0) is 4.79 Å². The van der Waals surface area contributed by atoms with Crippen LogP contribution in [0.1, 0.15) is 51.5 Å². The fourth-order valence-corrected chi connectivity index (χ4v) is 3.19. The first-order valence-corrected chi connectivity index (χ1v) is 8.14. The molecule has 116 valence electrons. The minimum atomic E-state index is 0.191. The van der Waals surface area contributed by atoms with E-state index in [0.717, 1.165) is 19.4 Å². The Kier molecular flexibility index (Phi) is 5.80. The minimum Gasteiger partial charge on any atom is -0.353 e. The number of amides is 1. The maximum absolute atomic E-state index is 12.4. The van der Waals surface area contributed by atoms with Gasteiger partial charge in [-0.25, -0.2) is 0 Å². The largest absolute Gasteiger partial charge is 0.353 e. The number of benzene rings is 1. The quantitative estimate of drug-likeness (QED) is 0.874. The van der Waals surface area contributed by atoms with E-state index in [0.29, 0.717) is 30.3 Å². The van der Waals surface area contributed by atoms with Gasteiger partial charge in [-0.1, -0.05) is 44.2 Å². The van der Waals surface area contributed by atoms with Gasteiger partial charge in [0.2, 0.25) is 5.91 Å². The highest BCUT2D eigenvalue weighted by Crippen LogP contribution is 2.27. The average Bonchev–Trinajstić information content (AvgIpc) is 2.45. The molecule has 1 aliphatic heterocycles. The zero-order valence-corrected chi connectivity index (χ0v) is 13.4. The number of nitrogens with one attached hydrogen (secondary N) is 2. The first kappa shape index (κ1) is 16.0. The Labute approximate surface area is 128 Å². The number of piperidine rings is 1. The summed E-state index contributed by atoms with van der Waals surface area (Å²) in [7, 11) is 0. The summed E-state index contributed by atoms with van der Waals surface area (Å²) in [6.45, 7) is 7.56. The highest BCUT2D eigenvalue weighted by atomic mass is 16.1. The SMILES string of the molecule is CC1CC(NC(=O)CC(c2ccccc2)C(C)C)CCN1. The molecule has 0 aliphatic carbocycles. The van der Waals surface area contributed by atoms with E-state index in [9.17, 15) is 4.79 Å². The molecule has 1 aliphatic rings. The summed E-state index contributed by atoms with van der Waals surface area (Å²) in [6.07, 6.45) is 2.65. The maximum atomic E-state index is 12.4. The molecule has 1 amide bonds. The molecule has 1 saturated heterocycles. The number of rotatable bonds is 5. The van der Waals surface area contributed by atoms with E-state index in [-0.39, 0.29) is 5.91 Å². The topological polar surface area (TPSA) is 41.1 Å². The second-order valence-electron chi connectivity index (χ2n) is 6.61. The van der Waals surface area contributed by atoms with Crippen LogP contribution in [0.15, 0.2) is 30.3 Å². The average molecular weight is 288 g/mol. The summed E-state index contributed by atoms with van der Waals surface area (Å²) in [6, 6.07) is 11.2. The standard InChI is InChI=1S/C18H28N2O/c1-13(2)17(15-7-5-4-6-8-15)12-18(21)20-16-9-10-19-14(3)11-16/h4-8,13-14,16-17,19H,9-12H2,1-3H3,(H,20,21). The zero-order chi connectivity index (χ0) is 15.2. The maximum Gasteiger partial charge on any atom is 0.220 e. The van der Waals surface area contributed by atoms with Crippen LogP contribution < -0.4 is 10.6 Å². The fourth-order valence-electron chi connectivity index (χ4n) is 3.19. The van der Waals surface area contributed by atoms with Crippen molar-refractivity contribution in [1.82, 2.24) is 10.6 Å². The Hall–Kier alpha value is -1.35. The molecule has 1 heterocycles. The third-order valence-electron chi connectivity index (χ3n) is 4.43. The number of carbonyl (C=O) groups is 1. The Morgan fingerprint density at radius 3 is 2.67 bits per heavy atom. The number of hydrogen-bond acceptors (Lipinski definition) is 2. The lowest BCUT2D eigenvalue weighted by molar-refractivity contribution is -0.122. The molecule has 0 spiro atoms. The molecule has 1 aromatic carbocycles. The lowest BCUT2D eigenvalue weighted by atomic mass is 9.85. The zero-order valence-electron chi connectivity index (χ0n) is 13.4. The molecule has 0 bridgehead atoms. The van der Waals surface area contributed by atoms with Crippen LogP contribution in [0.4, 0.5) is 0 Å². The van der Waals surface area contributed by atoms with Crippen molar-refractivity contribution in [2.75, 3.05) is 6.54 Å². The van der Waals surface area contributed by atoms with E-state index >= 15 is 0 Å². The molecule has 3 atom stereocenters. The third kappa shape index (κ3) is 4.85. The lowest BCUT2D eigenvalue weighted by Crippen LogP contribution is -2.46. The highest BCUT2D eigenvalue weighted by molar-refractivity contribution is 5.77. The third-order valence-corrected chi connectivity index (χ3v) is 4.43. The second kappa shape index (κ2) is 7.60. The number of hydrogen-bond donors (Lipinski definition) is 2. The van der Waals surface area contributed by atoms with Gasteiger partial charge < -0.3 is 10.6 Å². The van der Waals surface area contributed by atoms with Crippen molar-refractivity contribution in [2.45, 2.75) is 58.0 Å². The Morgan fingerprint density at radius 1 is 1.33 bits per heavy atom. The van der Waals surface area contributed by atoms with Gasteiger partial charge in [0.15, 0.2) is 0 Å². The van der Waals surface area contributed by atoms with Gasteiger partial charge in [-0.05, 0) is 43.7 Å². The van der Waals surface area contributed by atoms with Crippen LogP contribution in [0.5, 0.6) is 0 Å². The Morgan fingerprint density at radius 2 is 2.05 bits per heavy atom. The minimum absolute atomic E-state index is 0.191. The predicted molar refractivity (Wildman–Crippen MR) is 87.3 cm³/mol. The first-order chi connectivity index (χ1) is 10.1. The van der Waals surface area contributed by atoms with Crippen molar-refractivity contribution in [3.63, 3.8) is 0 Å². The molecule has 0 saturated carbocycles. The molecule has 21 heavy (non-hydrogen) atoms. The molecular formula is C18H28N2O. The fraction of sp³-hybridized carbons (Fsp3) is 0.611. The molecule has 1 fully saturated rings. The monoisotopic (exact) mass is 288 g/mol. The van der Waals surface area contributed by atoms with Crippen LogP contribution in [0, 0.1) is 5.92 Å². The summed E-state index contributed by atoms with van der Waals surface area (Å²) < 4.78 is 0. The van der Waals surface area contributed by atoms with Crippen molar-refractivity contribution in [1.29, 1.82) is 0 Å². The summed E-state index contributed by atoms with van der Waals surface area (Å²) >= 11 is 0. The van der Waals surface area contributed by atoms with Crippen molar-refractivity contribution in [2.24, 2.45) is 5.92 Å². The summed E-state index contributed by atoms with van der Waals surface area (Å²) in [5, 5.41) is 6.64. The van der Waals surface area contributed by atoms with Crippen LogP contribution >= 0.6 is 0 Å². The van der Waals surface area contributed by atoms with Gasteiger partial charge >= 0.3 is 0 Å². The van der Waals surface area contributed by atoms with E-state index in [1.165, 1.54) is 5.56 Å². The van der Waals surface area contributed by atoms with Gasteiger partial charge in [0.1, 0.15) is 0 Å². The second-order valence-corrected chi connectivity index (χ2v) is 6.61. The van der Waals surface area contributed by atoms with Crippen LogP contribution in [0.2, 0.25) is 0 Å². The molecular weight excluding hydrogens is 260 g/mol. The molecule has 3 unspecified atom stereocenters. The predicted octanol–water partition coefficient (Wildman–Crippen LogP) is 3.07.